The number of amides is 2. The molecule has 2 aliphatic heterocycles. The highest BCUT2D eigenvalue weighted by Crippen LogP contribution is 2.31. The van der Waals surface area contributed by atoms with Gasteiger partial charge in [0.05, 0.1) is 6.04 Å². The van der Waals surface area contributed by atoms with Crippen molar-refractivity contribution in [1.29, 1.82) is 0 Å². The smallest absolute Gasteiger partial charge is 0.407 e. The van der Waals surface area contributed by atoms with E-state index in [0.717, 1.165) is 0 Å². The molecule has 136 valence electrons. The minimum atomic E-state index is -0.657. The molecule has 3 rings (SSSR count). The zero-order chi connectivity index (χ0) is 18.0. The molecule has 1 aromatic carbocycles. The van der Waals surface area contributed by atoms with E-state index in [1.165, 1.54) is 0 Å². The lowest BCUT2D eigenvalue weighted by Gasteiger charge is -2.28. The Balaban J connectivity index is 1.52. The molecule has 7 nitrogen and oxygen atoms in total. The number of fused-ring (bicyclic) bond motifs is 1. The number of likely N-dealkylation sites (tertiary alicyclic amines) is 1. The summed E-state index contributed by atoms with van der Waals surface area (Å²) in [6, 6.07) is 7.18. The number of alkyl carbamates (subject to hydrolysis) is 1. The highest BCUT2D eigenvalue weighted by molar-refractivity contribution is 5.82. The van der Waals surface area contributed by atoms with Gasteiger partial charge in [-0.1, -0.05) is 12.1 Å². The van der Waals surface area contributed by atoms with Gasteiger partial charge in [-0.05, 0) is 39.3 Å². The van der Waals surface area contributed by atoms with Crippen LogP contribution in [0.3, 0.4) is 0 Å². The molecule has 1 fully saturated rings. The number of benzene rings is 1. The summed E-state index contributed by atoms with van der Waals surface area (Å²) in [6.45, 7) is 6.65. The Kier molecular flexibility index (Phi) is 4.74. The average molecular weight is 348 g/mol. The Morgan fingerprint density at radius 2 is 1.96 bits per heavy atom. The lowest BCUT2D eigenvalue weighted by molar-refractivity contribution is -0.140. The van der Waals surface area contributed by atoms with Crippen LogP contribution >= 0.6 is 0 Å². The number of carbonyl (C=O) groups is 2. The zero-order valence-electron chi connectivity index (χ0n) is 14.8. The maximum absolute atomic E-state index is 12.6. The molecule has 0 bridgehead atoms. The van der Waals surface area contributed by atoms with Crippen molar-refractivity contribution in [2.24, 2.45) is 0 Å². The standard InChI is InChI=1S/C18H24N2O5/c1-18(2,3)25-17(22)19-12-8-9-20(10-12)16(21)15-11-23-13-6-4-5-7-14(13)24-15/h4-7,12,15H,8-11H2,1-3H3,(H,19,22)/t12-,15-/m1/s1. The predicted octanol–water partition coefficient (Wildman–Crippen LogP) is 1.95. The molecule has 7 heteroatoms. The maximum Gasteiger partial charge on any atom is 0.407 e. The van der Waals surface area contributed by atoms with Gasteiger partial charge in [0.15, 0.2) is 11.5 Å². The van der Waals surface area contributed by atoms with Crippen molar-refractivity contribution in [3.63, 3.8) is 0 Å². The van der Waals surface area contributed by atoms with Crippen molar-refractivity contribution < 1.29 is 23.8 Å². The zero-order valence-corrected chi connectivity index (χ0v) is 14.8. The summed E-state index contributed by atoms with van der Waals surface area (Å²) in [5.41, 5.74) is -0.543. The lowest BCUT2D eigenvalue weighted by atomic mass is 10.2. The van der Waals surface area contributed by atoms with Crippen molar-refractivity contribution in [2.45, 2.75) is 44.9 Å². The summed E-state index contributed by atoms with van der Waals surface area (Å²) in [6.07, 6.45) is -0.428. The fourth-order valence-corrected chi connectivity index (χ4v) is 2.90. The summed E-state index contributed by atoms with van der Waals surface area (Å²) in [5, 5.41) is 2.81. The number of rotatable bonds is 2. The normalized spacial score (nSPS) is 22.4. The van der Waals surface area contributed by atoms with Crippen molar-refractivity contribution in [3.05, 3.63) is 24.3 Å². The molecule has 1 aromatic rings. The fraction of sp³-hybridized carbons (Fsp3) is 0.556. The van der Waals surface area contributed by atoms with E-state index in [0.29, 0.717) is 31.0 Å². The fourth-order valence-electron chi connectivity index (χ4n) is 2.90. The second-order valence-electron chi connectivity index (χ2n) is 7.28. The van der Waals surface area contributed by atoms with Crippen LogP contribution in [0.5, 0.6) is 11.5 Å². The number of hydrogen-bond donors (Lipinski definition) is 1. The number of nitrogens with zero attached hydrogens (tertiary/aromatic N) is 1. The van der Waals surface area contributed by atoms with Gasteiger partial charge in [0.2, 0.25) is 6.10 Å². The molecule has 2 atom stereocenters. The van der Waals surface area contributed by atoms with Crippen molar-refractivity contribution >= 4 is 12.0 Å². The molecular formula is C18H24N2O5. The van der Waals surface area contributed by atoms with E-state index in [1.807, 2.05) is 39.0 Å². The van der Waals surface area contributed by atoms with Crippen LogP contribution in [0.2, 0.25) is 0 Å². The first-order chi connectivity index (χ1) is 11.8. The van der Waals surface area contributed by atoms with E-state index in [2.05, 4.69) is 5.32 Å². The molecular weight excluding hydrogens is 324 g/mol. The van der Waals surface area contributed by atoms with Gasteiger partial charge in [-0.3, -0.25) is 4.79 Å². The molecule has 2 aliphatic rings. The van der Waals surface area contributed by atoms with Crippen molar-refractivity contribution in [3.8, 4) is 11.5 Å². The van der Waals surface area contributed by atoms with Crippen LogP contribution < -0.4 is 14.8 Å². The summed E-state index contributed by atoms with van der Waals surface area (Å²) < 4.78 is 16.6. The molecule has 0 unspecified atom stereocenters. The third-order valence-electron chi connectivity index (χ3n) is 4.00. The van der Waals surface area contributed by atoms with Gasteiger partial charge in [0.1, 0.15) is 12.2 Å². The van der Waals surface area contributed by atoms with E-state index in [9.17, 15) is 9.59 Å². The maximum atomic E-state index is 12.6. The van der Waals surface area contributed by atoms with Crippen LogP contribution in [0.15, 0.2) is 24.3 Å². The quantitative estimate of drug-likeness (QED) is 0.884. The van der Waals surface area contributed by atoms with Gasteiger partial charge in [0, 0.05) is 13.1 Å². The van der Waals surface area contributed by atoms with Gasteiger partial charge < -0.3 is 24.4 Å². The average Bonchev–Trinajstić information content (AvgIpc) is 3.00. The number of para-hydroxylation sites is 2. The molecule has 1 saturated heterocycles. The number of carbonyl (C=O) groups excluding carboxylic acids is 2. The first-order valence-corrected chi connectivity index (χ1v) is 8.48. The summed E-state index contributed by atoms with van der Waals surface area (Å²) >= 11 is 0. The molecule has 0 aromatic heterocycles. The van der Waals surface area contributed by atoms with Crippen LogP contribution in [0.4, 0.5) is 4.79 Å². The van der Waals surface area contributed by atoms with Crippen molar-refractivity contribution in [2.75, 3.05) is 19.7 Å². The number of ether oxygens (including phenoxy) is 3. The van der Waals surface area contributed by atoms with Gasteiger partial charge in [-0.25, -0.2) is 4.79 Å². The molecule has 0 aliphatic carbocycles. The first kappa shape index (κ1) is 17.4. The largest absolute Gasteiger partial charge is 0.485 e. The topological polar surface area (TPSA) is 77.1 Å². The summed E-state index contributed by atoms with van der Waals surface area (Å²) in [5.74, 6) is 1.11. The molecule has 25 heavy (non-hydrogen) atoms. The van der Waals surface area contributed by atoms with E-state index < -0.39 is 17.8 Å². The Labute approximate surface area is 147 Å². The minimum absolute atomic E-state index is 0.115. The van der Waals surface area contributed by atoms with Gasteiger partial charge >= 0.3 is 6.09 Å². The van der Waals surface area contributed by atoms with E-state index >= 15 is 0 Å². The second kappa shape index (κ2) is 6.82. The lowest BCUT2D eigenvalue weighted by Crippen LogP contribution is -2.47. The van der Waals surface area contributed by atoms with Crippen LogP contribution in [-0.2, 0) is 9.53 Å². The summed E-state index contributed by atoms with van der Waals surface area (Å²) in [4.78, 5) is 26.2. The Morgan fingerprint density at radius 3 is 2.68 bits per heavy atom. The first-order valence-electron chi connectivity index (χ1n) is 8.48. The molecule has 0 spiro atoms. The van der Waals surface area contributed by atoms with Gasteiger partial charge in [0.25, 0.3) is 5.91 Å². The van der Waals surface area contributed by atoms with E-state index in [-0.39, 0.29) is 18.6 Å². The number of hydrogen-bond acceptors (Lipinski definition) is 5. The molecule has 1 N–H and O–H groups in total. The predicted molar refractivity (Wildman–Crippen MR) is 90.7 cm³/mol. The Morgan fingerprint density at radius 1 is 1.24 bits per heavy atom. The highest BCUT2D eigenvalue weighted by atomic mass is 16.6. The van der Waals surface area contributed by atoms with Crippen LogP contribution in [0, 0.1) is 0 Å². The van der Waals surface area contributed by atoms with E-state index in [1.54, 1.807) is 11.0 Å². The van der Waals surface area contributed by atoms with Crippen LogP contribution in [0.25, 0.3) is 0 Å². The van der Waals surface area contributed by atoms with Crippen LogP contribution in [0.1, 0.15) is 27.2 Å². The molecule has 0 saturated carbocycles. The monoisotopic (exact) mass is 348 g/mol. The molecule has 0 radical (unpaired) electrons. The molecule has 2 heterocycles. The Bertz CT molecular complexity index is 655. The van der Waals surface area contributed by atoms with Gasteiger partial charge in [-0.15, -0.1) is 0 Å². The van der Waals surface area contributed by atoms with Crippen molar-refractivity contribution in [1.82, 2.24) is 10.2 Å². The Hall–Kier alpha value is -2.44. The number of nitrogens with one attached hydrogen (secondary N) is 1. The van der Waals surface area contributed by atoms with Crippen LogP contribution in [-0.4, -0.2) is 54.3 Å². The third-order valence-corrected chi connectivity index (χ3v) is 4.00. The highest BCUT2D eigenvalue weighted by Gasteiger charge is 2.35. The van der Waals surface area contributed by atoms with E-state index in [4.69, 9.17) is 14.2 Å². The SMILES string of the molecule is CC(C)(C)OC(=O)N[C@@H]1CCN(C(=O)[C@H]2COc3ccccc3O2)C1. The third kappa shape index (κ3) is 4.35. The minimum Gasteiger partial charge on any atom is -0.485 e. The summed E-state index contributed by atoms with van der Waals surface area (Å²) in [7, 11) is 0. The van der Waals surface area contributed by atoms with Gasteiger partial charge in [-0.2, -0.15) is 0 Å². The second-order valence-corrected chi connectivity index (χ2v) is 7.28. The molecule has 2 amide bonds.